The SMILES string of the molecule is C=C(C)CC(N)c1ncc(Br)cc1Br. The average molecular weight is 320 g/mol. The van der Waals surface area contributed by atoms with Crippen LogP contribution in [0, 0.1) is 0 Å². The highest BCUT2D eigenvalue weighted by atomic mass is 79.9. The molecule has 0 saturated carbocycles. The van der Waals surface area contributed by atoms with Crippen LogP contribution in [0.25, 0.3) is 0 Å². The molecule has 14 heavy (non-hydrogen) atoms. The highest BCUT2D eigenvalue weighted by molar-refractivity contribution is 9.11. The van der Waals surface area contributed by atoms with Crippen molar-refractivity contribution in [3.8, 4) is 0 Å². The Morgan fingerprint density at radius 1 is 1.64 bits per heavy atom. The number of rotatable bonds is 3. The quantitative estimate of drug-likeness (QED) is 0.865. The molecule has 1 heterocycles. The van der Waals surface area contributed by atoms with Crippen LogP contribution in [-0.4, -0.2) is 4.98 Å². The molecule has 0 saturated heterocycles. The molecular formula is C10H12Br2N2. The zero-order valence-corrected chi connectivity index (χ0v) is 11.1. The Hall–Kier alpha value is -0.190. The van der Waals surface area contributed by atoms with E-state index in [0.717, 1.165) is 26.6 Å². The molecule has 1 aromatic rings. The normalized spacial score (nSPS) is 12.6. The maximum Gasteiger partial charge on any atom is 0.0716 e. The van der Waals surface area contributed by atoms with Crippen LogP contribution in [0.15, 0.2) is 33.4 Å². The van der Waals surface area contributed by atoms with Crippen molar-refractivity contribution in [3.63, 3.8) is 0 Å². The minimum atomic E-state index is -0.0880. The van der Waals surface area contributed by atoms with Crippen LogP contribution in [-0.2, 0) is 0 Å². The molecule has 1 unspecified atom stereocenters. The van der Waals surface area contributed by atoms with Crippen molar-refractivity contribution in [3.05, 3.63) is 39.1 Å². The lowest BCUT2D eigenvalue weighted by Crippen LogP contribution is -2.12. The van der Waals surface area contributed by atoms with Gasteiger partial charge < -0.3 is 5.73 Å². The van der Waals surface area contributed by atoms with Crippen LogP contribution >= 0.6 is 31.9 Å². The molecule has 0 fully saturated rings. The fraction of sp³-hybridized carbons (Fsp3) is 0.300. The van der Waals surface area contributed by atoms with Gasteiger partial charge in [-0.15, -0.1) is 6.58 Å². The summed E-state index contributed by atoms with van der Waals surface area (Å²) in [6.07, 6.45) is 2.51. The van der Waals surface area contributed by atoms with E-state index in [2.05, 4.69) is 43.4 Å². The number of nitrogens with zero attached hydrogens (tertiary/aromatic N) is 1. The monoisotopic (exact) mass is 318 g/mol. The van der Waals surface area contributed by atoms with Gasteiger partial charge in [0.1, 0.15) is 0 Å². The van der Waals surface area contributed by atoms with Crippen LogP contribution in [0.2, 0.25) is 0 Å². The van der Waals surface area contributed by atoms with Gasteiger partial charge in [0.2, 0.25) is 0 Å². The summed E-state index contributed by atoms with van der Waals surface area (Å²) in [7, 11) is 0. The van der Waals surface area contributed by atoms with Crippen molar-refractivity contribution in [1.82, 2.24) is 4.98 Å². The molecule has 4 heteroatoms. The molecule has 0 aliphatic carbocycles. The second-order valence-corrected chi connectivity index (χ2v) is 5.06. The lowest BCUT2D eigenvalue weighted by atomic mass is 10.1. The van der Waals surface area contributed by atoms with Gasteiger partial charge in [-0.2, -0.15) is 0 Å². The largest absolute Gasteiger partial charge is 0.322 e. The zero-order valence-electron chi connectivity index (χ0n) is 7.93. The summed E-state index contributed by atoms with van der Waals surface area (Å²) in [6.45, 7) is 5.80. The molecule has 1 aromatic heterocycles. The Labute approximate surface area is 101 Å². The van der Waals surface area contributed by atoms with E-state index in [-0.39, 0.29) is 6.04 Å². The second-order valence-electron chi connectivity index (χ2n) is 3.29. The molecule has 2 nitrogen and oxygen atoms in total. The third-order valence-electron chi connectivity index (χ3n) is 1.76. The van der Waals surface area contributed by atoms with Crippen LogP contribution in [0.3, 0.4) is 0 Å². The number of halogens is 2. The molecule has 0 bridgehead atoms. The summed E-state index contributed by atoms with van der Waals surface area (Å²) < 4.78 is 1.87. The first-order valence-corrected chi connectivity index (χ1v) is 5.80. The summed E-state index contributed by atoms with van der Waals surface area (Å²) in [6, 6.07) is 1.86. The van der Waals surface area contributed by atoms with E-state index in [0.29, 0.717) is 0 Å². The van der Waals surface area contributed by atoms with E-state index < -0.39 is 0 Å². The molecule has 0 spiro atoms. The second kappa shape index (κ2) is 5.05. The standard InChI is InChI=1S/C10H12Br2N2/c1-6(2)3-9(13)10-8(12)4-7(11)5-14-10/h4-5,9H,1,3,13H2,2H3. The van der Waals surface area contributed by atoms with Gasteiger partial charge in [-0.05, 0) is 51.3 Å². The van der Waals surface area contributed by atoms with E-state index in [1.165, 1.54) is 0 Å². The number of pyridine rings is 1. The van der Waals surface area contributed by atoms with E-state index in [4.69, 9.17) is 5.73 Å². The molecule has 76 valence electrons. The van der Waals surface area contributed by atoms with Crippen LogP contribution in [0.4, 0.5) is 0 Å². The predicted molar refractivity (Wildman–Crippen MR) is 66.0 cm³/mol. The van der Waals surface area contributed by atoms with Crippen molar-refractivity contribution in [2.45, 2.75) is 19.4 Å². The fourth-order valence-electron chi connectivity index (χ4n) is 1.17. The molecule has 1 atom stereocenters. The molecule has 0 aliphatic heterocycles. The number of hydrogen-bond donors (Lipinski definition) is 1. The van der Waals surface area contributed by atoms with Gasteiger partial charge >= 0.3 is 0 Å². The lowest BCUT2D eigenvalue weighted by Gasteiger charge is -2.12. The first-order chi connectivity index (χ1) is 6.50. The zero-order chi connectivity index (χ0) is 10.7. The van der Waals surface area contributed by atoms with E-state index >= 15 is 0 Å². The van der Waals surface area contributed by atoms with Crippen LogP contribution < -0.4 is 5.73 Å². The van der Waals surface area contributed by atoms with Crippen molar-refractivity contribution in [2.24, 2.45) is 5.73 Å². The van der Waals surface area contributed by atoms with Gasteiger partial charge in [-0.1, -0.05) is 5.57 Å². The van der Waals surface area contributed by atoms with Gasteiger partial charge in [0.25, 0.3) is 0 Å². The molecule has 0 amide bonds. The third kappa shape index (κ3) is 3.19. The molecule has 0 aromatic carbocycles. The topological polar surface area (TPSA) is 38.9 Å². The van der Waals surface area contributed by atoms with E-state index in [1.54, 1.807) is 6.20 Å². The first kappa shape index (κ1) is 11.9. The van der Waals surface area contributed by atoms with Crippen LogP contribution in [0.5, 0.6) is 0 Å². The molecular weight excluding hydrogens is 308 g/mol. The minimum absolute atomic E-state index is 0.0880. The number of aromatic nitrogens is 1. The van der Waals surface area contributed by atoms with E-state index in [9.17, 15) is 0 Å². The highest BCUT2D eigenvalue weighted by Gasteiger charge is 2.11. The smallest absolute Gasteiger partial charge is 0.0716 e. The van der Waals surface area contributed by atoms with Gasteiger partial charge in [0.05, 0.1) is 11.7 Å². The van der Waals surface area contributed by atoms with Gasteiger partial charge in [-0.3, -0.25) is 4.98 Å². The van der Waals surface area contributed by atoms with Crippen molar-refractivity contribution in [2.75, 3.05) is 0 Å². The summed E-state index contributed by atoms with van der Waals surface area (Å²) in [5.41, 5.74) is 7.91. The molecule has 0 radical (unpaired) electrons. The van der Waals surface area contributed by atoms with Crippen LogP contribution in [0.1, 0.15) is 25.1 Å². The maximum atomic E-state index is 5.98. The summed E-state index contributed by atoms with van der Waals surface area (Å²) >= 11 is 6.78. The first-order valence-electron chi connectivity index (χ1n) is 4.21. The third-order valence-corrected chi connectivity index (χ3v) is 2.82. The Kier molecular flexibility index (Phi) is 4.29. The number of nitrogens with two attached hydrogens (primary N) is 1. The van der Waals surface area contributed by atoms with Gasteiger partial charge in [0.15, 0.2) is 0 Å². The molecule has 2 N–H and O–H groups in total. The van der Waals surface area contributed by atoms with Crippen molar-refractivity contribution < 1.29 is 0 Å². The van der Waals surface area contributed by atoms with Crippen molar-refractivity contribution >= 4 is 31.9 Å². The average Bonchev–Trinajstić information content (AvgIpc) is 2.01. The van der Waals surface area contributed by atoms with Crippen molar-refractivity contribution in [1.29, 1.82) is 0 Å². The Balaban J connectivity index is 2.90. The highest BCUT2D eigenvalue weighted by Crippen LogP contribution is 2.26. The fourth-order valence-corrected chi connectivity index (χ4v) is 2.45. The Bertz CT molecular complexity index is 350. The van der Waals surface area contributed by atoms with E-state index in [1.807, 2.05) is 13.0 Å². The maximum absolute atomic E-state index is 5.98. The van der Waals surface area contributed by atoms with Gasteiger partial charge in [0, 0.05) is 15.1 Å². The minimum Gasteiger partial charge on any atom is -0.322 e. The Morgan fingerprint density at radius 2 is 2.29 bits per heavy atom. The predicted octanol–water partition coefficient (Wildman–Crippen LogP) is 3.57. The lowest BCUT2D eigenvalue weighted by molar-refractivity contribution is 0.688. The summed E-state index contributed by atoms with van der Waals surface area (Å²) in [4.78, 5) is 4.27. The van der Waals surface area contributed by atoms with Gasteiger partial charge in [-0.25, -0.2) is 0 Å². The summed E-state index contributed by atoms with van der Waals surface area (Å²) in [5, 5.41) is 0. The molecule has 1 rings (SSSR count). The molecule has 0 aliphatic rings. The Morgan fingerprint density at radius 3 is 2.79 bits per heavy atom. The summed E-state index contributed by atoms with van der Waals surface area (Å²) in [5.74, 6) is 0. The number of hydrogen-bond acceptors (Lipinski definition) is 2.